The second-order valence-corrected chi connectivity index (χ2v) is 7.56. The van der Waals surface area contributed by atoms with Gasteiger partial charge in [-0.25, -0.2) is 8.42 Å². The van der Waals surface area contributed by atoms with Gasteiger partial charge in [-0.05, 0) is 43.9 Å². The Hall–Kier alpha value is -0.720. The van der Waals surface area contributed by atoms with E-state index in [9.17, 15) is 8.42 Å². The van der Waals surface area contributed by atoms with Crippen LogP contribution in [-0.4, -0.2) is 37.8 Å². The SMILES string of the molecule is CSCCC(C)N(C)S(=O)(=O)c1c(C)cccc1N. The number of nitrogens with zero attached hydrogens (tertiary/aromatic N) is 1. The van der Waals surface area contributed by atoms with Crippen LogP contribution in [0.5, 0.6) is 0 Å². The molecular formula is C13H22N2O2S2. The van der Waals surface area contributed by atoms with Gasteiger partial charge in [0, 0.05) is 13.1 Å². The molecule has 0 aromatic heterocycles. The van der Waals surface area contributed by atoms with E-state index in [0.29, 0.717) is 11.3 Å². The molecule has 0 saturated carbocycles. The molecule has 0 amide bonds. The number of rotatable bonds is 6. The molecule has 4 nitrogen and oxygen atoms in total. The highest BCUT2D eigenvalue weighted by molar-refractivity contribution is 7.98. The quantitative estimate of drug-likeness (QED) is 0.819. The standard InChI is InChI=1S/C13H22N2O2S2/c1-10-6-5-7-12(14)13(10)19(16,17)15(3)11(2)8-9-18-4/h5-7,11H,8-9,14H2,1-4H3. The average molecular weight is 302 g/mol. The van der Waals surface area contributed by atoms with Crippen molar-refractivity contribution in [3.8, 4) is 0 Å². The van der Waals surface area contributed by atoms with E-state index in [1.807, 2.05) is 13.2 Å². The van der Waals surface area contributed by atoms with Crippen molar-refractivity contribution in [2.75, 3.05) is 24.8 Å². The Bertz CT molecular complexity index is 509. The van der Waals surface area contributed by atoms with Gasteiger partial charge in [-0.2, -0.15) is 16.1 Å². The van der Waals surface area contributed by atoms with Gasteiger partial charge in [0.2, 0.25) is 10.0 Å². The maximum absolute atomic E-state index is 12.6. The molecule has 19 heavy (non-hydrogen) atoms. The first-order valence-electron chi connectivity index (χ1n) is 6.14. The van der Waals surface area contributed by atoms with Crippen LogP contribution >= 0.6 is 11.8 Å². The fraction of sp³-hybridized carbons (Fsp3) is 0.538. The van der Waals surface area contributed by atoms with Gasteiger partial charge in [0.05, 0.1) is 5.69 Å². The molecule has 0 spiro atoms. The molecule has 1 aromatic rings. The van der Waals surface area contributed by atoms with Gasteiger partial charge < -0.3 is 5.73 Å². The molecule has 0 aliphatic carbocycles. The molecule has 0 fully saturated rings. The van der Waals surface area contributed by atoms with Crippen molar-refractivity contribution in [1.82, 2.24) is 4.31 Å². The fourth-order valence-corrected chi connectivity index (χ4v) is 4.16. The lowest BCUT2D eigenvalue weighted by Crippen LogP contribution is -2.36. The van der Waals surface area contributed by atoms with Crippen LogP contribution in [-0.2, 0) is 10.0 Å². The summed E-state index contributed by atoms with van der Waals surface area (Å²) < 4.78 is 26.7. The number of hydrogen-bond donors (Lipinski definition) is 1. The summed E-state index contributed by atoms with van der Waals surface area (Å²) in [5.74, 6) is 0.935. The summed E-state index contributed by atoms with van der Waals surface area (Å²) in [6.45, 7) is 3.69. The number of aryl methyl sites for hydroxylation is 1. The Balaban J connectivity index is 3.10. The third kappa shape index (κ3) is 3.64. The van der Waals surface area contributed by atoms with Gasteiger partial charge >= 0.3 is 0 Å². The summed E-state index contributed by atoms with van der Waals surface area (Å²) in [6, 6.07) is 5.11. The fourth-order valence-electron chi connectivity index (χ4n) is 1.88. The molecule has 0 heterocycles. The van der Waals surface area contributed by atoms with E-state index in [1.165, 1.54) is 4.31 Å². The van der Waals surface area contributed by atoms with Crippen molar-refractivity contribution in [3.05, 3.63) is 23.8 Å². The van der Waals surface area contributed by atoms with Crippen LogP contribution in [0.1, 0.15) is 18.9 Å². The van der Waals surface area contributed by atoms with Crippen molar-refractivity contribution in [2.45, 2.75) is 31.2 Å². The number of benzene rings is 1. The van der Waals surface area contributed by atoms with Crippen LogP contribution in [0.3, 0.4) is 0 Å². The summed E-state index contributed by atoms with van der Waals surface area (Å²) in [7, 11) is -1.91. The van der Waals surface area contributed by atoms with Crippen molar-refractivity contribution >= 4 is 27.5 Å². The zero-order chi connectivity index (χ0) is 14.6. The summed E-state index contributed by atoms with van der Waals surface area (Å²) in [4.78, 5) is 0.230. The molecule has 108 valence electrons. The first-order chi connectivity index (χ1) is 8.82. The number of nitrogen functional groups attached to an aromatic ring is 1. The molecule has 0 saturated heterocycles. The van der Waals surface area contributed by atoms with Crippen LogP contribution in [0.15, 0.2) is 23.1 Å². The van der Waals surface area contributed by atoms with Crippen LogP contribution in [0.2, 0.25) is 0 Å². The highest BCUT2D eigenvalue weighted by Crippen LogP contribution is 2.26. The third-order valence-electron chi connectivity index (χ3n) is 3.24. The first kappa shape index (κ1) is 16.3. The lowest BCUT2D eigenvalue weighted by molar-refractivity contribution is 0.382. The van der Waals surface area contributed by atoms with Crippen LogP contribution in [0, 0.1) is 6.92 Å². The lowest BCUT2D eigenvalue weighted by atomic mass is 10.2. The minimum Gasteiger partial charge on any atom is -0.398 e. The molecule has 0 aliphatic rings. The van der Waals surface area contributed by atoms with Gasteiger partial charge in [0.25, 0.3) is 0 Å². The molecular weight excluding hydrogens is 280 g/mol. The van der Waals surface area contributed by atoms with Crippen LogP contribution < -0.4 is 5.73 Å². The van der Waals surface area contributed by atoms with Crippen molar-refractivity contribution in [2.24, 2.45) is 0 Å². The van der Waals surface area contributed by atoms with Crippen LogP contribution in [0.25, 0.3) is 0 Å². The maximum Gasteiger partial charge on any atom is 0.245 e. The highest BCUT2D eigenvalue weighted by atomic mass is 32.2. The second kappa shape index (κ2) is 6.63. The van der Waals surface area contributed by atoms with E-state index in [4.69, 9.17) is 5.73 Å². The Morgan fingerprint density at radius 3 is 2.58 bits per heavy atom. The van der Waals surface area contributed by atoms with Gasteiger partial charge in [-0.15, -0.1) is 0 Å². The van der Waals surface area contributed by atoms with E-state index < -0.39 is 10.0 Å². The van der Waals surface area contributed by atoms with E-state index in [1.54, 1.807) is 43.9 Å². The highest BCUT2D eigenvalue weighted by Gasteiger charge is 2.28. The maximum atomic E-state index is 12.6. The number of nitrogens with two attached hydrogens (primary N) is 1. The monoisotopic (exact) mass is 302 g/mol. The molecule has 6 heteroatoms. The molecule has 0 radical (unpaired) electrons. The smallest absolute Gasteiger partial charge is 0.245 e. The molecule has 0 aliphatic heterocycles. The van der Waals surface area contributed by atoms with E-state index in [-0.39, 0.29) is 10.9 Å². The van der Waals surface area contributed by atoms with Crippen molar-refractivity contribution in [1.29, 1.82) is 0 Å². The summed E-state index contributed by atoms with van der Waals surface area (Å²) in [6.07, 6.45) is 2.84. The van der Waals surface area contributed by atoms with Gasteiger partial charge in [-0.1, -0.05) is 12.1 Å². The van der Waals surface area contributed by atoms with Crippen molar-refractivity contribution < 1.29 is 8.42 Å². The minimum atomic E-state index is -3.53. The summed E-state index contributed by atoms with van der Waals surface area (Å²) >= 11 is 1.71. The van der Waals surface area contributed by atoms with Gasteiger partial charge in [0.15, 0.2) is 0 Å². The topological polar surface area (TPSA) is 63.4 Å². The summed E-state index contributed by atoms with van der Waals surface area (Å²) in [5.41, 5.74) is 6.83. The number of thioether (sulfide) groups is 1. The third-order valence-corrected chi connectivity index (χ3v) is 6.08. The first-order valence-corrected chi connectivity index (χ1v) is 8.97. The zero-order valence-electron chi connectivity index (χ0n) is 11.9. The predicted octanol–water partition coefficient (Wildman–Crippen LogP) is 2.34. The number of hydrogen-bond acceptors (Lipinski definition) is 4. The van der Waals surface area contributed by atoms with E-state index in [2.05, 4.69) is 0 Å². The van der Waals surface area contributed by atoms with E-state index in [0.717, 1.165) is 12.2 Å². The Labute approximate surface area is 120 Å². The molecule has 1 unspecified atom stereocenters. The average Bonchev–Trinajstić information content (AvgIpc) is 2.34. The normalized spacial score (nSPS) is 13.7. The molecule has 2 N–H and O–H groups in total. The molecule has 0 bridgehead atoms. The minimum absolute atomic E-state index is 0.0449. The Kier molecular flexibility index (Phi) is 5.70. The Morgan fingerprint density at radius 2 is 2.05 bits per heavy atom. The zero-order valence-corrected chi connectivity index (χ0v) is 13.5. The predicted molar refractivity (Wildman–Crippen MR) is 83.0 cm³/mol. The van der Waals surface area contributed by atoms with Gasteiger partial charge in [0.1, 0.15) is 4.90 Å². The molecule has 1 atom stereocenters. The van der Waals surface area contributed by atoms with E-state index >= 15 is 0 Å². The molecule has 1 aromatic carbocycles. The van der Waals surface area contributed by atoms with Gasteiger partial charge in [-0.3, -0.25) is 0 Å². The van der Waals surface area contributed by atoms with Crippen LogP contribution in [0.4, 0.5) is 5.69 Å². The lowest BCUT2D eigenvalue weighted by Gasteiger charge is -2.25. The van der Waals surface area contributed by atoms with Crippen molar-refractivity contribution in [3.63, 3.8) is 0 Å². The number of sulfonamides is 1. The molecule has 1 rings (SSSR count). The number of anilines is 1. The second-order valence-electron chi connectivity index (χ2n) is 4.65. The summed E-state index contributed by atoms with van der Waals surface area (Å²) in [5, 5.41) is 0. The Morgan fingerprint density at radius 1 is 1.42 bits per heavy atom. The largest absolute Gasteiger partial charge is 0.398 e.